The van der Waals surface area contributed by atoms with Crippen LogP contribution in [0.5, 0.6) is 0 Å². The average molecular weight is 209 g/mol. The predicted octanol–water partition coefficient (Wildman–Crippen LogP) is 1.92. The SMILES string of the molecule is CC(C)CN(C(=O)c1cn[nH]c1)C(C)C. The van der Waals surface area contributed by atoms with Crippen molar-refractivity contribution in [1.29, 1.82) is 0 Å². The third-order valence-electron chi connectivity index (χ3n) is 2.19. The van der Waals surface area contributed by atoms with Crippen LogP contribution in [0.15, 0.2) is 12.4 Å². The van der Waals surface area contributed by atoms with E-state index < -0.39 is 0 Å². The van der Waals surface area contributed by atoms with Crippen molar-refractivity contribution in [3.05, 3.63) is 18.0 Å². The van der Waals surface area contributed by atoms with Crippen LogP contribution < -0.4 is 0 Å². The molecule has 0 bridgehead atoms. The van der Waals surface area contributed by atoms with Gasteiger partial charge in [0.1, 0.15) is 0 Å². The summed E-state index contributed by atoms with van der Waals surface area (Å²) in [6, 6.07) is 0.217. The summed E-state index contributed by atoms with van der Waals surface area (Å²) < 4.78 is 0. The Hall–Kier alpha value is -1.32. The van der Waals surface area contributed by atoms with Crippen LogP contribution >= 0.6 is 0 Å². The maximum absolute atomic E-state index is 12.0. The molecule has 0 aliphatic heterocycles. The molecule has 1 aromatic rings. The molecule has 1 amide bonds. The fourth-order valence-electron chi connectivity index (χ4n) is 1.46. The molecular weight excluding hydrogens is 190 g/mol. The van der Waals surface area contributed by atoms with Gasteiger partial charge in [0.05, 0.1) is 11.8 Å². The Morgan fingerprint density at radius 3 is 2.53 bits per heavy atom. The van der Waals surface area contributed by atoms with Gasteiger partial charge in [-0.25, -0.2) is 0 Å². The van der Waals surface area contributed by atoms with Gasteiger partial charge >= 0.3 is 0 Å². The lowest BCUT2D eigenvalue weighted by atomic mass is 10.1. The molecule has 1 heterocycles. The Bertz CT molecular complexity index is 304. The summed E-state index contributed by atoms with van der Waals surface area (Å²) in [5, 5.41) is 6.45. The smallest absolute Gasteiger partial charge is 0.257 e. The van der Waals surface area contributed by atoms with Crippen molar-refractivity contribution >= 4 is 5.91 Å². The highest BCUT2D eigenvalue weighted by atomic mass is 16.2. The van der Waals surface area contributed by atoms with Gasteiger partial charge in [-0.05, 0) is 19.8 Å². The number of aromatic amines is 1. The predicted molar refractivity (Wildman–Crippen MR) is 59.6 cm³/mol. The van der Waals surface area contributed by atoms with Gasteiger partial charge in [-0.3, -0.25) is 9.89 Å². The van der Waals surface area contributed by atoms with Crippen LogP contribution in [0, 0.1) is 5.92 Å². The summed E-state index contributed by atoms with van der Waals surface area (Å²) in [7, 11) is 0. The van der Waals surface area contributed by atoms with Gasteiger partial charge in [0.2, 0.25) is 0 Å². The van der Waals surface area contributed by atoms with E-state index in [0.29, 0.717) is 11.5 Å². The van der Waals surface area contributed by atoms with Crippen LogP contribution in [-0.2, 0) is 0 Å². The second-order valence-electron chi connectivity index (χ2n) is 4.43. The Kier molecular flexibility index (Phi) is 3.88. The first-order chi connectivity index (χ1) is 7.02. The molecule has 0 saturated heterocycles. The van der Waals surface area contributed by atoms with Gasteiger partial charge in [-0.2, -0.15) is 5.10 Å². The summed E-state index contributed by atoms with van der Waals surface area (Å²) >= 11 is 0. The first-order valence-electron chi connectivity index (χ1n) is 5.32. The highest BCUT2D eigenvalue weighted by molar-refractivity contribution is 5.93. The van der Waals surface area contributed by atoms with Gasteiger partial charge in [0.15, 0.2) is 0 Å². The van der Waals surface area contributed by atoms with E-state index in [4.69, 9.17) is 0 Å². The zero-order valence-electron chi connectivity index (χ0n) is 9.82. The second-order valence-corrected chi connectivity index (χ2v) is 4.43. The van der Waals surface area contributed by atoms with Gasteiger partial charge in [-0.15, -0.1) is 0 Å². The highest BCUT2D eigenvalue weighted by Gasteiger charge is 2.19. The van der Waals surface area contributed by atoms with E-state index in [2.05, 4.69) is 24.0 Å². The number of carbonyl (C=O) groups excluding carboxylic acids is 1. The monoisotopic (exact) mass is 209 g/mol. The van der Waals surface area contributed by atoms with Crippen LogP contribution in [0.1, 0.15) is 38.1 Å². The zero-order valence-corrected chi connectivity index (χ0v) is 9.82. The van der Waals surface area contributed by atoms with Crippen molar-refractivity contribution < 1.29 is 4.79 Å². The molecule has 15 heavy (non-hydrogen) atoms. The van der Waals surface area contributed by atoms with Crippen LogP contribution in [-0.4, -0.2) is 33.6 Å². The van der Waals surface area contributed by atoms with Crippen molar-refractivity contribution in [3.63, 3.8) is 0 Å². The number of aromatic nitrogens is 2. The normalized spacial score (nSPS) is 11.1. The number of H-pyrrole nitrogens is 1. The molecule has 1 aromatic heterocycles. The third kappa shape index (κ3) is 3.08. The quantitative estimate of drug-likeness (QED) is 0.823. The molecule has 0 aromatic carbocycles. The van der Waals surface area contributed by atoms with E-state index in [1.54, 1.807) is 12.4 Å². The van der Waals surface area contributed by atoms with Crippen molar-refractivity contribution in [3.8, 4) is 0 Å². The summed E-state index contributed by atoms with van der Waals surface area (Å²) in [4.78, 5) is 13.9. The first-order valence-corrected chi connectivity index (χ1v) is 5.32. The van der Waals surface area contributed by atoms with Gasteiger partial charge in [0, 0.05) is 18.8 Å². The maximum Gasteiger partial charge on any atom is 0.257 e. The standard InChI is InChI=1S/C11H19N3O/c1-8(2)7-14(9(3)4)11(15)10-5-12-13-6-10/h5-6,8-9H,7H2,1-4H3,(H,12,13). The molecule has 4 nitrogen and oxygen atoms in total. The fraction of sp³-hybridized carbons (Fsp3) is 0.636. The topological polar surface area (TPSA) is 49.0 Å². The minimum atomic E-state index is 0.0486. The zero-order chi connectivity index (χ0) is 11.4. The Labute approximate surface area is 90.7 Å². The molecule has 0 saturated carbocycles. The first kappa shape index (κ1) is 11.8. The Morgan fingerprint density at radius 1 is 1.47 bits per heavy atom. The van der Waals surface area contributed by atoms with Gasteiger partial charge < -0.3 is 4.90 Å². The lowest BCUT2D eigenvalue weighted by Gasteiger charge is -2.28. The molecule has 0 aliphatic rings. The Morgan fingerprint density at radius 2 is 2.13 bits per heavy atom. The second kappa shape index (κ2) is 4.96. The molecule has 84 valence electrons. The molecule has 0 spiro atoms. The number of amides is 1. The van der Waals surface area contributed by atoms with E-state index in [9.17, 15) is 4.79 Å². The number of hydrogen-bond acceptors (Lipinski definition) is 2. The van der Waals surface area contributed by atoms with Crippen molar-refractivity contribution in [2.24, 2.45) is 5.92 Å². The molecule has 1 rings (SSSR count). The largest absolute Gasteiger partial charge is 0.336 e. The summed E-state index contributed by atoms with van der Waals surface area (Å²) in [5.41, 5.74) is 0.629. The van der Waals surface area contributed by atoms with Crippen LogP contribution in [0.25, 0.3) is 0 Å². The number of nitrogens with zero attached hydrogens (tertiary/aromatic N) is 2. The van der Waals surface area contributed by atoms with E-state index in [-0.39, 0.29) is 11.9 Å². The summed E-state index contributed by atoms with van der Waals surface area (Å²) in [6.07, 6.45) is 3.20. The molecule has 0 fully saturated rings. The minimum Gasteiger partial charge on any atom is -0.336 e. The molecule has 1 N–H and O–H groups in total. The lowest BCUT2D eigenvalue weighted by Crippen LogP contribution is -2.39. The van der Waals surface area contributed by atoms with Crippen molar-refractivity contribution in [2.45, 2.75) is 33.7 Å². The van der Waals surface area contributed by atoms with E-state index in [0.717, 1.165) is 6.54 Å². The molecule has 4 heteroatoms. The van der Waals surface area contributed by atoms with Crippen LogP contribution in [0.4, 0.5) is 0 Å². The average Bonchev–Trinajstić information content (AvgIpc) is 2.65. The maximum atomic E-state index is 12.0. The fourth-order valence-corrected chi connectivity index (χ4v) is 1.46. The molecule has 0 atom stereocenters. The highest BCUT2D eigenvalue weighted by Crippen LogP contribution is 2.09. The number of carbonyl (C=O) groups is 1. The van der Waals surface area contributed by atoms with E-state index in [1.165, 1.54) is 0 Å². The van der Waals surface area contributed by atoms with E-state index in [1.807, 2.05) is 18.7 Å². The molecule has 0 unspecified atom stereocenters. The third-order valence-corrected chi connectivity index (χ3v) is 2.19. The van der Waals surface area contributed by atoms with Crippen molar-refractivity contribution in [2.75, 3.05) is 6.54 Å². The van der Waals surface area contributed by atoms with Gasteiger partial charge in [-0.1, -0.05) is 13.8 Å². The van der Waals surface area contributed by atoms with E-state index >= 15 is 0 Å². The van der Waals surface area contributed by atoms with Crippen LogP contribution in [0.3, 0.4) is 0 Å². The van der Waals surface area contributed by atoms with Crippen LogP contribution in [0.2, 0.25) is 0 Å². The van der Waals surface area contributed by atoms with Gasteiger partial charge in [0.25, 0.3) is 5.91 Å². The minimum absolute atomic E-state index is 0.0486. The molecule has 0 aliphatic carbocycles. The number of rotatable bonds is 4. The Balaban J connectivity index is 2.76. The van der Waals surface area contributed by atoms with Crippen molar-refractivity contribution in [1.82, 2.24) is 15.1 Å². The molecular formula is C11H19N3O. The number of hydrogen-bond donors (Lipinski definition) is 1. The molecule has 0 radical (unpaired) electrons. The number of nitrogens with one attached hydrogen (secondary N) is 1. The lowest BCUT2D eigenvalue weighted by molar-refractivity contribution is 0.0682. The summed E-state index contributed by atoms with van der Waals surface area (Å²) in [5.74, 6) is 0.524. The summed E-state index contributed by atoms with van der Waals surface area (Å²) in [6.45, 7) is 9.05.